The van der Waals surface area contributed by atoms with Gasteiger partial charge in [-0.2, -0.15) is 5.10 Å². The largest absolute Gasteiger partial charge is 0.494 e. The van der Waals surface area contributed by atoms with Gasteiger partial charge in [0.05, 0.1) is 23.3 Å². The Bertz CT molecular complexity index is 954. The first kappa shape index (κ1) is 20.9. The average Bonchev–Trinajstić information content (AvgIpc) is 3.11. The van der Waals surface area contributed by atoms with Crippen molar-refractivity contribution >= 4 is 21.8 Å². The van der Waals surface area contributed by atoms with Crippen molar-refractivity contribution in [3.05, 3.63) is 76.0 Å². The Kier molecular flexibility index (Phi) is 7.30. The van der Waals surface area contributed by atoms with E-state index in [4.69, 9.17) is 9.47 Å². The van der Waals surface area contributed by atoms with Crippen molar-refractivity contribution in [1.82, 2.24) is 15.1 Å². The van der Waals surface area contributed by atoms with E-state index in [9.17, 15) is 4.79 Å². The minimum absolute atomic E-state index is 0.147. The Morgan fingerprint density at radius 1 is 1.10 bits per heavy atom. The molecule has 7 heteroatoms. The van der Waals surface area contributed by atoms with Crippen LogP contribution in [0.4, 0.5) is 0 Å². The van der Waals surface area contributed by atoms with Crippen LogP contribution in [0.3, 0.4) is 0 Å². The van der Waals surface area contributed by atoms with Gasteiger partial charge in [0.15, 0.2) is 0 Å². The van der Waals surface area contributed by atoms with Gasteiger partial charge in [-0.15, -0.1) is 0 Å². The molecule has 1 aromatic heterocycles. The second kappa shape index (κ2) is 10.1. The van der Waals surface area contributed by atoms with Gasteiger partial charge < -0.3 is 14.8 Å². The molecule has 0 fully saturated rings. The summed E-state index contributed by atoms with van der Waals surface area (Å²) < 4.78 is 14.0. The Labute approximate surface area is 179 Å². The Balaban J connectivity index is 1.56. The van der Waals surface area contributed by atoms with Crippen LogP contribution in [-0.2, 0) is 19.7 Å². The van der Waals surface area contributed by atoms with E-state index in [0.29, 0.717) is 25.3 Å². The standard InChI is InChI=1S/C22H24BrN3O3/c1-3-26-14-20(23)21(25-26)13-24-22(27)17-7-5-6-16(12-17)15-29-19-10-8-18(9-11-19)28-4-2/h5-12,14H,3-4,13,15H2,1-2H3,(H,24,27). The van der Waals surface area contributed by atoms with Crippen molar-refractivity contribution in [2.45, 2.75) is 33.5 Å². The lowest BCUT2D eigenvalue weighted by Crippen LogP contribution is -2.23. The number of aromatic nitrogens is 2. The fourth-order valence-corrected chi connectivity index (χ4v) is 3.21. The third-order valence-electron chi connectivity index (χ3n) is 4.26. The zero-order valence-electron chi connectivity index (χ0n) is 16.5. The van der Waals surface area contributed by atoms with Gasteiger partial charge in [0.25, 0.3) is 5.91 Å². The van der Waals surface area contributed by atoms with Gasteiger partial charge in [-0.3, -0.25) is 9.48 Å². The highest BCUT2D eigenvalue weighted by atomic mass is 79.9. The van der Waals surface area contributed by atoms with Crippen molar-refractivity contribution in [3.8, 4) is 11.5 Å². The van der Waals surface area contributed by atoms with Crippen molar-refractivity contribution in [3.63, 3.8) is 0 Å². The normalized spacial score (nSPS) is 10.6. The topological polar surface area (TPSA) is 65.4 Å². The molecule has 3 aromatic rings. The first-order valence-corrected chi connectivity index (χ1v) is 10.3. The number of rotatable bonds is 9. The van der Waals surface area contributed by atoms with E-state index in [1.54, 1.807) is 6.07 Å². The molecule has 29 heavy (non-hydrogen) atoms. The summed E-state index contributed by atoms with van der Waals surface area (Å²) in [6, 6.07) is 14.9. The van der Waals surface area contributed by atoms with Crippen LogP contribution in [-0.4, -0.2) is 22.3 Å². The lowest BCUT2D eigenvalue weighted by Gasteiger charge is -2.09. The van der Waals surface area contributed by atoms with Crippen LogP contribution in [0.2, 0.25) is 0 Å². The van der Waals surface area contributed by atoms with Gasteiger partial charge in [0.2, 0.25) is 0 Å². The van der Waals surface area contributed by atoms with Crippen LogP contribution in [0.1, 0.15) is 35.5 Å². The Morgan fingerprint density at radius 3 is 2.48 bits per heavy atom. The summed E-state index contributed by atoms with van der Waals surface area (Å²) in [5.74, 6) is 1.42. The van der Waals surface area contributed by atoms with E-state index in [-0.39, 0.29) is 5.91 Å². The summed E-state index contributed by atoms with van der Waals surface area (Å²) in [6.07, 6.45) is 1.90. The zero-order chi connectivity index (χ0) is 20.6. The number of hydrogen-bond acceptors (Lipinski definition) is 4. The summed E-state index contributed by atoms with van der Waals surface area (Å²) in [7, 11) is 0. The summed E-state index contributed by atoms with van der Waals surface area (Å²) in [5.41, 5.74) is 2.31. The van der Waals surface area contributed by atoms with Crippen LogP contribution >= 0.6 is 15.9 Å². The maximum absolute atomic E-state index is 12.5. The first-order valence-electron chi connectivity index (χ1n) is 9.53. The fourth-order valence-electron chi connectivity index (χ4n) is 2.75. The summed E-state index contributed by atoms with van der Waals surface area (Å²) >= 11 is 3.47. The number of ether oxygens (including phenoxy) is 2. The minimum atomic E-state index is -0.147. The zero-order valence-corrected chi connectivity index (χ0v) is 18.1. The number of hydrogen-bond donors (Lipinski definition) is 1. The first-order chi connectivity index (χ1) is 14.1. The molecule has 0 saturated heterocycles. The van der Waals surface area contributed by atoms with Crippen LogP contribution in [0.25, 0.3) is 0 Å². The molecule has 0 spiro atoms. The van der Waals surface area contributed by atoms with Crippen molar-refractivity contribution in [1.29, 1.82) is 0 Å². The maximum atomic E-state index is 12.5. The number of nitrogens with one attached hydrogen (secondary N) is 1. The van der Waals surface area contributed by atoms with Crippen molar-refractivity contribution < 1.29 is 14.3 Å². The predicted octanol–water partition coefficient (Wildman–Crippen LogP) is 4.57. The number of halogens is 1. The molecule has 2 aromatic carbocycles. The monoisotopic (exact) mass is 457 g/mol. The highest BCUT2D eigenvalue weighted by molar-refractivity contribution is 9.10. The molecular formula is C22H24BrN3O3. The fraction of sp³-hybridized carbons (Fsp3) is 0.273. The highest BCUT2D eigenvalue weighted by Crippen LogP contribution is 2.19. The van der Waals surface area contributed by atoms with E-state index in [2.05, 4.69) is 26.3 Å². The molecule has 0 bridgehead atoms. The third-order valence-corrected chi connectivity index (χ3v) is 4.92. The lowest BCUT2D eigenvalue weighted by atomic mass is 10.1. The lowest BCUT2D eigenvalue weighted by molar-refractivity contribution is 0.0950. The Morgan fingerprint density at radius 2 is 1.83 bits per heavy atom. The van der Waals surface area contributed by atoms with Crippen molar-refractivity contribution in [2.75, 3.05) is 6.61 Å². The van der Waals surface area contributed by atoms with E-state index in [1.807, 2.05) is 67.2 Å². The van der Waals surface area contributed by atoms with Gasteiger partial charge >= 0.3 is 0 Å². The molecule has 6 nitrogen and oxygen atoms in total. The SMILES string of the molecule is CCOc1ccc(OCc2cccc(C(=O)NCc3nn(CC)cc3Br)c2)cc1. The van der Waals surface area contributed by atoms with E-state index >= 15 is 0 Å². The van der Waals surface area contributed by atoms with Gasteiger partial charge in [0, 0.05) is 18.3 Å². The summed E-state index contributed by atoms with van der Waals surface area (Å²) in [4.78, 5) is 12.5. The molecule has 152 valence electrons. The average molecular weight is 458 g/mol. The molecular weight excluding hydrogens is 434 g/mol. The Hall–Kier alpha value is -2.80. The molecule has 0 aliphatic heterocycles. The van der Waals surface area contributed by atoms with Crippen LogP contribution in [0.5, 0.6) is 11.5 Å². The summed E-state index contributed by atoms with van der Waals surface area (Å²) in [6.45, 7) is 6.11. The smallest absolute Gasteiger partial charge is 0.251 e. The van der Waals surface area contributed by atoms with Crippen molar-refractivity contribution in [2.24, 2.45) is 0 Å². The number of carbonyl (C=O) groups is 1. The molecule has 0 saturated carbocycles. The van der Waals surface area contributed by atoms with E-state index in [0.717, 1.165) is 33.8 Å². The summed E-state index contributed by atoms with van der Waals surface area (Å²) in [5, 5.41) is 7.33. The van der Waals surface area contributed by atoms with Gasteiger partial charge in [-0.05, 0) is 71.7 Å². The molecule has 0 atom stereocenters. The number of aryl methyl sites for hydroxylation is 1. The number of benzene rings is 2. The quantitative estimate of drug-likeness (QED) is 0.510. The van der Waals surface area contributed by atoms with Crippen LogP contribution in [0.15, 0.2) is 59.2 Å². The molecule has 0 aliphatic rings. The molecule has 0 radical (unpaired) electrons. The highest BCUT2D eigenvalue weighted by Gasteiger charge is 2.10. The molecule has 1 heterocycles. The van der Waals surface area contributed by atoms with Gasteiger partial charge in [-0.1, -0.05) is 12.1 Å². The second-order valence-electron chi connectivity index (χ2n) is 6.36. The molecule has 0 aliphatic carbocycles. The second-order valence-corrected chi connectivity index (χ2v) is 7.21. The maximum Gasteiger partial charge on any atom is 0.251 e. The van der Waals surface area contributed by atoms with Crippen LogP contribution < -0.4 is 14.8 Å². The molecule has 0 unspecified atom stereocenters. The predicted molar refractivity (Wildman–Crippen MR) is 115 cm³/mol. The van der Waals surface area contributed by atoms with E-state index < -0.39 is 0 Å². The van der Waals surface area contributed by atoms with Gasteiger partial charge in [0.1, 0.15) is 18.1 Å². The number of amides is 1. The third kappa shape index (κ3) is 5.84. The van der Waals surface area contributed by atoms with Crippen LogP contribution in [0, 0.1) is 0 Å². The molecule has 1 amide bonds. The molecule has 1 N–H and O–H groups in total. The minimum Gasteiger partial charge on any atom is -0.494 e. The molecule has 3 rings (SSSR count). The number of carbonyl (C=O) groups excluding carboxylic acids is 1. The van der Waals surface area contributed by atoms with Gasteiger partial charge in [-0.25, -0.2) is 0 Å². The number of nitrogens with zero attached hydrogens (tertiary/aromatic N) is 2. The van der Waals surface area contributed by atoms with E-state index in [1.165, 1.54) is 0 Å².